The van der Waals surface area contributed by atoms with E-state index in [9.17, 15) is 29.3 Å². The van der Waals surface area contributed by atoms with E-state index in [-0.39, 0.29) is 52.3 Å². The van der Waals surface area contributed by atoms with Gasteiger partial charge in [-0.15, -0.1) is 0 Å². The second-order valence-corrected chi connectivity index (χ2v) is 9.52. The van der Waals surface area contributed by atoms with E-state index >= 15 is 0 Å². The van der Waals surface area contributed by atoms with Crippen LogP contribution in [-0.4, -0.2) is 35.1 Å². The minimum atomic E-state index is -0.776. The van der Waals surface area contributed by atoms with E-state index < -0.39 is 23.3 Å². The molecule has 2 aromatic carbocycles. The number of rotatable bonds is 6. The van der Waals surface area contributed by atoms with Crippen molar-refractivity contribution in [1.82, 2.24) is 0 Å². The number of carbonyl (C=O) groups excluding carboxylic acids is 4. The summed E-state index contributed by atoms with van der Waals surface area (Å²) in [6, 6.07) is 11.1. The van der Waals surface area contributed by atoms with Gasteiger partial charge < -0.3 is 4.74 Å². The first-order valence-corrected chi connectivity index (χ1v) is 11.5. The second-order valence-electron chi connectivity index (χ2n) is 9.52. The molecule has 2 saturated carbocycles. The monoisotopic (exact) mass is 472 g/mol. The Morgan fingerprint density at radius 3 is 2.17 bits per heavy atom. The Balaban J connectivity index is 1.16. The molecule has 5 aliphatic rings. The van der Waals surface area contributed by atoms with E-state index in [1.807, 2.05) is 0 Å². The van der Waals surface area contributed by atoms with Gasteiger partial charge in [0, 0.05) is 17.7 Å². The number of allylic oxidation sites excluding steroid dienone is 2. The normalized spacial score (nSPS) is 29.5. The Hall–Kier alpha value is -4.14. The summed E-state index contributed by atoms with van der Waals surface area (Å²) < 4.78 is 5.13. The number of benzene rings is 2. The molecule has 0 radical (unpaired) electrons. The van der Waals surface area contributed by atoms with Crippen LogP contribution < -0.4 is 4.90 Å². The summed E-state index contributed by atoms with van der Waals surface area (Å²) in [5.74, 6) is -1.19. The van der Waals surface area contributed by atoms with Crippen LogP contribution in [0.4, 0.5) is 11.4 Å². The molecule has 9 nitrogen and oxygen atoms in total. The number of nitrogens with zero attached hydrogens (tertiary/aromatic N) is 2. The van der Waals surface area contributed by atoms with Gasteiger partial charge in [-0.2, -0.15) is 0 Å². The Kier molecular flexibility index (Phi) is 4.70. The van der Waals surface area contributed by atoms with Gasteiger partial charge in [0.2, 0.25) is 11.8 Å². The lowest BCUT2D eigenvalue weighted by Crippen LogP contribution is -2.40. The average Bonchev–Trinajstić information content (AvgIpc) is 3.65. The second kappa shape index (κ2) is 7.69. The first-order chi connectivity index (χ1) is 16.8. The zero-order chi connectivity index (χ0) is 24.4. The number of ether oxygens (including phenoxy) is 1. The summed E-state index contributed by atoms with van der Waals surface area (Å²) in [7, 11) is 0. The maximum Gasteiger partial charge on any atom is 0.338 e. The van der Waals surface area contributed by atoms with E-state index in [0.717, 1.165) is 6.42 Å². The molecule has 0 unspecified atom stereocenters. The SMILES string of the molecule is O=C(COC(=O)c1cccc(N2C(=O)[C@@H]3[C@H]4C=C[C@@H]([C@@H]5C[C@H]45)[C@H]3C2=O)c1)c1ccc([N+](=O)[O-])cc1. The van der Waals surface area contributed by atoms with Crippen LogP contribution in [-0.2, 0) is 14.3 Å². The molecule has 0 N–H and O–H groups in total. The highest BCUT2D eigenvalue weighted by atomic mass is 16.6. The number of amides is 2. The number of ketones is 1. The Morgan fingerprint density at radius 1 is 0.943 bits per heavy atom. The molecule has 3 fully saturated rings. The molecule has 0 aromatic heterocycles. The molecule has 4 aliphatic carbocycles. The van der Waals surface area contributed by atoms with E-state index in [4.69, 9.17) is 4.74 Å². The van der Waals surface area contributed by atoms with Crippen molar-refractivity contribution in [1.29, 1.82) is 0 Å². The highest BCUT2D eigenvalue weighted by molar-refractivity contribution is 6.23. The van der Waals surface area contributed by atoms with Gasteiger partial charge in [-0.25, -0.2) is 9.69 Å². The fourth-order valence-electron chi connectivity index (χ4n) is 6.05. The standard InChI is InChI=1S/C26H20N2O7/c29-21(13-4-6-15(7-5-13)28(33)34)12-35-26(32)14-2-1-3-16(10-14)27-24(30)22-17-8-9-18(20-11-19(17)20)23(22)25(27)31/h1-10,17-20,22-23H,11-12H2/t17-,18-,19-,20+,22+,23+/m0/s1. The predicted molar refractivity (Wildman–Crippen MR) is 121 cm³/mol. The fraction of sp³-hybridized carbons (Fsp3) is 0.308. The number of nitro groups is 1. The highest BCUT2D eigenvalue weighted by Crippen LogP contribution is 2.65. The van der Waals surface area contributed by atoms with Crippen molar-refractivity contribution >= 4 is 34.9 Å². The van der Waals surface area contributed by atoms with Crippen LogP contribution in [0.15, 0.2) is 60.7 Å². The predicted octanol–water partition coefficient (Wildman–Crippen LogP) is 3.19. The van der Waals surface area contributed by atoms with Crippen molar-refractivity contribution in [3.05, 3.63) is 81.9 Å². The van der Waals surface area contributed by atoms with E-state index in [1.54, 1.807) is 12.1 Å². The molecule has 35 heavy (non-hydrogen) atoms. The maximum absolute atomic E-state index is 13.3. The highest BCUT2D eigenvalue weighted by Gasteiger charge is 2.67. The lowest BCUT2D eigenvalue weighted by molar-refractivity contribution is -0.384. The third kappa shape index (κ3) is 3.30. The van der Waals surface area contributed by atoms with Crippen LogP contribution in [0.3, 0.4) is 0 Å². The van der Waals surface area contributed by atoms with Crippen LogP contribution in [0.5, 0.6) is 0 Å². The number of nitro benzene ring substituents is 1. The Labute approximate surface area is 199 Å². The molecule has 176 valence electrons. The molecule has 6 atom stereocenters. The van der Waals surface area contributed by atoms with Gasteiger partial charge in [-0.05, 0) is 60.4 Å². The molecular weight excluding hydrogens is 452 g/mol. The maximum atomic E-state index is 13.3. The van der Waals surface area contributed by atoms with Crippen molar-refractivity contribution in [2.75, 3.05) is 11.5 Å². The van der Waals surface area contributed by atoms with Gasteiger partial charge in [0.25, 0.3) is 5.69 Å². The summed E-state index contributed by atoms with van der Waals surface area (Å²) in [5, 5.41) is 10.7. The fourth-order valence-corrected chi connectivity index (χ4v) is 6.05. The molecule has 2 amide bonds. The minimum absolute atomic E-state index is 0.107. The number of hydrogen-bond donors (Lipinski definition) is 0. The molecule has 1 aliphatic heterocycles. The molecule has 2 aromatic rings. The summed E-state index contributed by atoms with van der Waals surface area (Å²) >= 11 is 0. The van der Waals surface area contributed by atoms with Crippen LogP contribution in [0.25, 0.3) is 0 Å². The summed E-state index contributed by atoms with van der Waals surface area (Å²) in [5.41, 5.74) is 0.452. The quantitative estimate of drug-likeness (QED) is 0.158. The molecule has 2 bridgehead atoms. The zero-order valence-corrected chi connectivity index (χ0v) is 18.4. The van der Waals surface area contributed by atoms with Gasteiger partial charge in [0.1, 0.15) is 0 Å². The van der Waals surface area contributed by atoms with Crippen LogP contribution in [0.1, 0.15) is 27.1 Å². The lowest BCUT2D eigenvalue weighted by atomic mass is 9.63. The van der Waals surface area contributed by atoms with Crippen molar-refractivity contribution in [2.24, 2.45) is 35.5 Å². The zero-order valence-electron chi connectivity index (χ0n) is 18.4. The first-order valence-electron chi connectivity index (χ1n) is 11.5. The Morgan fingerprint density at radius 2 is 1.57 bits per heavy atom. The van der Waals surface area contributed by atoms with Crippen LogP contribution in [0.2, 0.25) is 0 Å². The number of esters is 1. The topological polar surface area (TPSA) is 124 Å². The number of Topliss-reactive ketones (excluding diaryl/α,β-unsaturated/α-hetero) is 1. The largest absolute Gasteiger partial charge is 0.454 e. The lowest BCUT2D eigenvalue weighted by Gasteiger charge is -2.37. The molecule has 0 spiro atoms. The molecule has 1 heterocycles. The number of imide groups is 1. The Bertz CT molecular complexity index is 1300. The molecule has 7 rings (SSSR count). The number of hydrogen-bond acceptors (Lipinski definition) is 7. The van der Waals surface area contributed by atoms with Gasteiger partial charge >= 0.3 is 5.97 Å². The number of non-ortho nitro benzene ring substituents is 1. The summed E-state index contributed by atoms with van der Waals surface area (Å²) in [4.78, 5) is 62.9. The molecule has 9 heteroatoms. The van der Waals surface area contributed by atoms with Crippen molar-refractivity contribution < 1.29 is 28.8 Å². The van der Waals surface area contributed by atoms with Crippen molar-refractivity contribution in [2.45, 2.75) is 6.42 Å². The van der Waals surface area contributed by atoms with Gasteiger partial charge in [-0.1, -0.05) is 18.2 Å². The van der Waals surface area contributed by atoms with E-state index in [1.165, 1.54) is 41.3 Å². The summed E-state index contributed by atoms with van der Waals surface area (Å²) in [6.45, 7) is -0.551. The number of carbonyl (C=O) groups is 4. The van der Waals surface area contributed by atoms with Crippen molar-refractivity contribution in [3.63, 3.8) is 0 Å². The summed E-state index contributed by atoms with van der Waals surface area (Å²) in [6.07, 6.45) is 5.28. The third-order valence-electron chi connectivity index (χ3n) is 7.74. The molecular formula is C26H20N2O7. The van der Waals surface area contributed by atoms with Crippen LogP contribution >= 0.6 is 0 Å². The number of anilines is 1. The smallest absolute Gasteiger partial charge is 0.338 e. The minimum Gasteiger partial charge on any atom is -0.454 e. The average molecular weight is 472 g/mol. The van der Waals surface area contributed by atoms with E-state index in [2.05, 4.69) is 12.2 Å². The molecule has 1 saturated heterocycles. The van der Waals surface area contributed by atoms with Gasteiger partial charge in [0.15, 0.2) is 12.4 Å². The van der Waals surface area contributed by atoms with Gasteiger partial charge in [0.05, 0.1) is 28.0 Å². The van der Waals surface area contributed by atoms with Crippen LogP contribution in [0, 0.1) is 45.6 Å². The third-order valence-corrected chi connectivity index (χ3v) is 7.74. The van der Waals surface area contributed by atoms with E-state index in [0.29, 0.717) is 17.5 Å². The van der Waals surface area contributed by atoms with Gasteiger partial charge in [-0.3, -0.25) is 24.5 Å². The first kappa shape index (κ1) is 21.4. The van der Waals surface area contributed by atoms with Crippen molar-refractivity contribution in [3.8, 4) is 0 Å².